The molecule has 4 aromatic heterocycles. The molecular formula is C50H49Br3N16O12. The van der Waals surface area contributed by atoms with Crippen molar-refractivity contribution in [3.8, 4) is 11.1 Å². The number of nitro benzene ring substituents is 4. The van der Waals surface area contributed by atoms with Gasteiger partial charge in [-0.05, 0) is 115 Å². The lowest BCUT2D eigenvalue weighted by molar-refractivity contribution is -0.394. The molecule has 8 N–H and O–H groups in total. The van der Waals surface area contributed by atoms with Crippen LogP contribution in [0, 0.1) is 40.5 Å². The second kappa shape index (κ2) is 28.2. The molecule has 0 spiro atoms. The molecule has 0 saturated carbocycles. The maximum Gasteiger partial charge on any atom is 0.316 e. The van der Waals surface area contributed by atoms with Crippen LogP contribution < -0.4 is 21.3 Å². The summed E-state index contributed by atoms with van der Waals surface area (Å²) in [6, 6.07) is 23.5. The molecule has 0 atom stereocenters. The summed E-state index contributed by atoms with van der Waals surface area (Å²) >= 11 is 9.12. The molecule has 0 aliphatic rings. The summed E-state index contributed by atoms with van der Waals surface area (Å²) in [6.07, 6.45) is 4.40. The maximum atomic E-state index is 11.7. The lowest BCUT2D eigenvalue weighted by Gasteiger charge is -2.03. The number of anilines is 4. The molecule has 0 aliphatic carbocycles. The zero-order valence-corrected chi connectivity index (χ0v) is 48.0. The summed E-state index contributed by atoms with van der Waals surface area (Å²) in [6.45, 7) is 7.58. The fourth-order valence-corrected chi connectivity index (χ4v) is 9.26. The van der Waals surface area contributed by atoms with Gasteiger partial charge in [0, 0.05) is 43.2 Å². The highest BCUT2D eigenvalue weighted by Crippen LogP contribution is 2.42. The van der Waals surface area contributed by atoms with E-state index in [1.165, 1.54) is 6.07 Å². The smallest absolute Gasteiger partial charge is 0.309 e. The number of amides is 4. The van der Waals surface area contributed by atoms with E-state index in [-0.39, 0.29) is 68.1 Å². The Morgan fingerprint density at radius 1 is 0.444 bits per heavy atom. The van der Waals surface area contributed by atoms with Crippen molar-refractivity contribution >= 4 is 161 Å². The third kappa shape index (κ3) is 15.2. The standard InChI is InChI=1S/C17H17N3O.C11H10BrN5O5.2C11H11BrN4O3/c1-2-6-16(21)18-17-14-10-9-13(11-15(14)19-20-17)12-7-4-3-5-8-12;1-2-3-7(18)13-11-5-4-6(16(19)20)8(12)10(17(21)22)9(5)14-15-11;1-2-3-10(17)13-11-6-4-9(16(18)19)7(12)5-8(6)14-15-11;1-2-3-8(17)13-11-6-4-5-7(12)10(16(18)19)9(6)14-15-11/h3-5,7-11H,2,6H2,1H3,(H2,18,19,20,21);4H,2-3H2,1H3,(H2,13,14,15,18);2*4-5H,2-3H2,1H3,(H2,13,14,15,17). The summed E-state index contributed by atoms with van der Waals surface area (Å²) in [5, 5.41) is 83.3. The molecule has 9 aromatic rings. The minimum absolute atomic E-state index is 0.00182. The second-order valence-electron chi connectivity index (χ2n) is 17.3. The number of benzene rings is 5. The number of rotatable bonds is 17. The number of carbonyl (C=O) groups is 4. The minimum Gasteiger partial charge on any atom is -0.309 e. The van der Waals surface area contributed by atoms with E-state index < -0.39 is 31.1 Å². The number of halogens is 3. The van der Waals surface area contributed by atoms with E-state index in [0.29, 0.717) is 68.4 Å². The molecule has 4 heterocycles. The van der Waals surface area contributed by atoms with Gasteiger partial charge in [-0.15, -0.1) is 0 Å². The number of nitrogens with zero attached hydrogens (tertiary/aromatic N) is 8. The van der Waals surface area contributed by atoms with Crippen molar-refractivity contribution in [2.24, 2.45) is 0 Å². The van der Waals surface area contributed by atoms with Gasteiger partial charge in [0.2, 0.25) is 23.6 Å². The maximum absolute atomic E-state index is 11.7. The van der Waals surface area contributed by atoms with E-state index in [1.54, 1.807) is 18.2 Å². The molecule has 31 heteroatoms. The third-order valence-corrected chi connectivity index (χ3v) is 13.5. The van der Waals surface area contributed by atoms with Crippen LogP contribution in [0.15, 0.2) is 92.3 Å². The molecular weight excluding hydrogens is 1260 g/mol. The van der Waals surface area contributed by atoms with Crippen LogP contribution in [0.2, 0.25) is 0 Å². The van der Waals surface area contributed by atoms with Gasteiger partial charge in [0.1, 0.15) is 11.0 Å². The van der Waals surface area contributed by atoms with Gasteiger partial charge in [0.15, 0.2) is 27.7 Å². The van der Waals surface area contributed by atoms with E-state index in [9.17, 15) is 59.6 Å². The first kappa shape index (κ1) is 61.1. The highest BCUT2D eigenvalue weighted by Gasteiger charge is 2.30. The molecule has 0 aliphatic heterocycles. The zero-order chi connectivity index (χ0) is 59.1. The quantitative estimate of drug-likeness (QED) is 0.0310. The van der Waals surface area contributed by atoms with Crippen LogP contribution >= 0.6 is 47.8 Å². The molecule has 0 radical (unpaired) electrons. The third-order valence-electron chi connectivity index (χ3n) is 11.4. The highest BCUT2D eigenvalue weighted by molar-refractivity contribution is 9.11. The van der Waals surface area contributed by atoms with E-state index in [0.717, 1.165) is 47.4 Å². The second-order valence-corrected chi connectivity index (χ2v) is 19.8. The van der Waals surface area contributed by atoms with Crippen molar-refractivity contribution in [1.82, 2.24) is 40.8 Å². The van der Waals surface area contributed by atoms with Crippen molar-refractivity contribution in [3.05, 3.63) is 133 Å². The van der Waals surface area contributed by atoms with Crippen LogP contribution in [-0.2, 0) is 19.2 Å². The number of nitrogens with one attached hydrogen (secondary N) is 8. The fraction of sp³-hybridized carbons (Fsp3) is 0.240. The van der Waals surface area contributed by atoms with Gasteiger partial charge in [-0.3, -0.25) is 80.0 Å². The predicted octanol–water partition coefficient (Wildman–Crippen LogP) is 12.8. The lowest BCUT2D eigenvalue weighted by Crippen LogP contribution is -2.11. The molecule has 0 unspecified atom stereocenters. The lowest BCUT2D eigenvalue weighted by atomic mass is 10.0. The monoisotopic (exact) mass is 1300 g/mol. The Kier molecular flexibility index (Phi) is 21.3. The summed E-state index contributed by atoms with van der Waals surface area (Å²) in [7, 11) is 0. The van der Waals surface area contributed by atoms with Crippen molar-refractivity contribution in [2.45, 2.75) is 79.1 Å². The highest BCUT2D eigenvalue weighted by atomic mass is 79.9. The van der Waals surface area contributed by atoms with Crippen molar-refractivity contribution < 1.29 is 38.9 Å². The number of aromatic amines is 4. The van der Waals surface area contributed by atoms with Gasteiger partial charge in [-0.25, -0.2) is 0 Å². The van der Waals surface area contributed by atoms with Gasteiger partial charge in [-0.1, -0.05) is 64.1 Å². The number of fused-ring (bicyclic) bond motifs is 4. The molecule has 422 valence electrons. The molecule has 9 rings (SSSR count). The first-order chi connectivity index (χ1) is 38.7. The summed E-state index contributed by atoms with van der Waals surface area (Å²) < 4.78 is 0.463. The van der Waals surface area contributed by atoms with E-state index in [4.69, 9.17) is 0 Å². The Labute approximate surface area is 482 Å². The minimum atomic E-state index is -0.755. The fourth-order valence-electron chi connectivity index (χ4n) is 7.70. The van der Waals surface area contributed by atoms with Crippen molar-refractivity contribution in [3.63, 3.8) is 0 Å². The van der Waals surface area contributed by atoms with Crippen LogP contribution in [0.1, 0.15) is 79.1 Å². The van der Waals surface area contributed by atoms with E-state index in [1.807, 2.05) is 64.1 Å². The molecule has 4 amide bonds. The topological polar surface area (TPSA) is 404 Å². The van der Waals surface area contributed by atoms with Crippen LogP contribution in [-0.4, -0.2) is 84.1 Å². The van der Waals surface area contributed by atoms with Gasteiger partial charge < -0.3 is 21.3 Å². The van der Waals surface area contributed by atoms with Gasteiger partial charge in [-0.2, -0.15) is 20.4 Å². The zero-order valence-electron chi connectivity index (χ0n) is 43.3. The van der Waals surface area contributed by atoms with Crippen LogP contribution in [0.4, 0.5) is 46.0 Å². The summed E-state index contributed by atoms with van der Waals surface area (Å²) in [5.74, 6) is 0.577. The average Bonchev–Trinajstić information content (AvgIpc) is 4.32. The Morgan fingerprint density at radius 2 is 0.864 bits per heavy atom. The van der Waals surface area contributed by atoms with Crippen LogP contribution in [0.25, 0.3) is 54.7 Å². The van der Waals surface area contributed by atoms with Crippen molar-refractivity contribution in [2.75, 3.05) is 21.3 Å². The first-order valence-electron chi connectivity index (χ1n) is 24.6. The first-order valence-corrected chi connectivity index (χ1v) is 26.9. The average molecular weight is 1310 g/mol. The van der Waals surface area contributed by atoms with Gasteiger partial charge in [0.05, 0.1) is 55.8 Å². The number of hydrogen-bond acceptors (Lipinski definition) is 16. The molecule has 0 bridgehead atoms. The number of H-pyrrole nitrogens is 4. The molecule has 81 heavy (non-hydrogen) atoms. The normalized spacial score (nSPS) is 10.7. The number of carbonyl (C=O) groups excluding carboxylic acids is 4. The predicted molar refractivity (Wildman–Crippen MR) is 314 cm³/mol. The molecule has 0 saturated heterocycles. The number of hydrogen-bond donors (Lipinski definition) is 8. The Hall–Kier alpha value is -9.10. The van der Waals surface area contributed by atoms with Crippen LogP contribution in [0.3, 0.4) is 0 Å². The van der Waals surface area contributed by atoms with Crippen LogP contribution in [0.5, 0.6) is 0 Å². The number of nitro groups is 4. The SMILES string of the molecule is CCCC(=O)Nc1n[nH]c2c([N+](=O)[O-])c(Br)c([N+](=O)[O-])cc12.CCCC(=O)Nc1n[nH]c2c([N+](=O)[O-])c(Br)ccc12.CCCC(=O)Nc1n[nH]c2cc(-c3ccccc3)ccc12.CCCC(=O)Nc1n[nH]c2cc(Br)c([N+](=O)[O-])cc12. The van der Waals surface area contributed by atoms with Crippen molar-refractivity contribution in [1.29, 1.82) is 0 Å². The largest absolute Gasteiger partial charge is 0.316 e. The molecule has 5 aromatic carbocycles. The Balaban J connectivity index is 0.000000174. The Morgan fingerprint density at radius 3 is 1.35 bits per heavy atom. The molecule has 28 nitrogen and oxygen atoms in total. The number of aromatic nitrogens is 8. The van der Waals surface area contributed by atoms with E-state index >= 15 is 0 Å². The summed E-state index contributed by atoms with van der Waals surface area (Å²) in [4.78, 5) is 88.0. The summed E-state index contributed by atoms with van der Waals surface area (Å²) in [5.41, 5.74) is 2.94. The molecule has 0 fully saturated rings. The van der Waals surface area contributed by atoms with Gasteiger partial charge in [0.25, 0.3) is 11.4 Å². The Bertz CT molecular complexity index is 3820. The van der Waals surface area contributed by atoms with Gasteiger partial charge >= 0.3 is 11.4 Å². The van der Waals surface area contributed by atoms with E-state index in [2.05, 4.69) is 122 Å².